The first-order valence-electron chi connectivity index (χ1n) is 10.5. The van der Waals surface area contributed by atoms with Crippen molar-refractivity contribution in [1.82, 2.24) is 15.3 Å². The molecule has 31 heavy (non-hydrogen) atoms. The van der Waals surface area contributed by atoms with Gasteiger partial charge in [-0.05, 0) is 62.9 Å². The summed E-state index contributed by atoms with van der Waals surface area (Å²) < 4.78 is 19.6. The van der Waals surface area contributed by atoms with E-state index in [1.165, 1.54) is 24.3 Å². The van der Waals surface area contributed by atoms with E-state index in [2.05, 4.69) is 21.4 Å². The van der Waals surface area contributed by atoms with Crippen molar-refractivity contribution in [1.29, 1.82) is 0 Å². The number of rotatable bonds is 5. The molecule has 1 unspecified atom stereocenters. The Kier molecular flexibility index (Phi) is 4.68. The lowest BCUT2D eigenvalue weighted by molar-refractivity contribution is 0.0932. The van der Waals surface area contributed by atoms with Gasteiger partial charge in [-0.1, -0.05) is 12.2 Å². The summed E-state index contributed by atoms with van der Waals surface area (Å²) in [4.78, 5) is 26.3. The Balaban J connectivity index is 1.44. The number of allylic oxidation sites excluding steroid dienone is 1. The van der Waals surface area contributed by atoms with Gasteiger partial charge < -0.3 is 10.1 Å². The van der Waals surface area contributed by atoms with Crippen LogP contribution in [-0.2, 0) is 0 Å². The van der Waals surface area contributed by atoms with Crippen molar-refractivity contribution in [3.63, 3.8) is 0 Å². The molecule has 7 heteroatoms. The standard InChI is InChI=1S/C24H23FN4O2/c1-16-26-14-20(15-27-16)31-24-11-3-2-4-18(24)7-10-21(28-24)23(12-13-23)29-22(30)17-5-8-19(25)9-6-17/h4-10,14-15H,2-3,11-13H2,1H3,(H,29,30). The van der Waals surface area contributed by atoms with Crippen LogP contribution in [0.25, 0.3) is 0 Å². The molecule has 1 saturated carbocycles. The zero-order chi connectivity index (χ0) is 21.5. The van der Waals surface area contributed by atoms with Gasteiger partial charge in [0, 0.05) is 17.6 Å². The van der Waals surface area contributed by atoms with Gasteiger partial charge in [0.25, 0.3) is 5.91 Å². The highest BCUT2D eigenvalue weighted by Crippen LogP contribution is 2.44. The predicted molar refractivity (Wildman–Crippen MR) is 114 cm³/mol. The van der Waals surface area contributed by atoms with Gasteiger partial charge in [-0.25, -0.2) is 19.4 Å². The summed E-state index contributed by atoms with van der Waals surface area (Å²) in [5.74, 6) is 0.642. The summed E-state index contributed by atoms with van der Waals surface area (Å²) >= 11 is 0. The van der Waals surface area contributed by atoms with Gasteiger partial charge in [0.2, 0.25) is 5.72 Å². The molecule has 1 aromatic carbocycles. The van der Waals surface area contributed by atoms with Gasteiger partial charge in [0.05, 0.1) is 23.6 Å². The third kappa shape index (κ3) is 3.76. The summed E-state index contributed by atoms with van der Waals surface area (Å²) in [5.41, 5.74) is 0.884. The van der Waals surface area contributed by atoms with Crippen LogP contribution in [-0.4, -0.2) is 32.9 Å². The molecule has 3 aliphatic rings. The summed E-state index contributed by atoms with van der Waals surface area (Å²) in [5, 5.41) is 3.11. The Morgan fingerprint density at radius 3 is 2.55 bits per heavy atom. The molecule has 0 saturated heterocycles. The van der Waals surface area contributed by atoms with E-state index < -0.39 is 11.3 Å². The third-order valence-electron chi connectivity index (χ3n) is 6.00. The fourth-order valence-corrected chi connectivity index (χ4v) is 4.11. The molecular formula is C24H23FN4O2. The molecule has 6 nitrogen and oxygen atoms in total. The quantitative estimate of drug-likeness (QED) is 0.794. The number of dihydropyridines is 1. The fourth-order valence-electron chi connectivity index (χ4n) is 4.11. The van der Waals surface area contributed by atoms with Crippen LogP contribution in [0.15, 0.2) is 65.5 Å². The Bertz CT molecular complexity index is 1100. The number of carbonyl (C=O) groups is 1. The monoisotopic (exact) mass is 418 g/mol. The first-order chi connectivity index (χ1) is 15.0. The second-order valence-electron chi connectivity index (χ2n) is 8.28. The maximum Gasteiger partial charge on any atom is 0.252 e. The van der Waals surface area contributed by atoms with E-state index in [-0.39, 0.29) is 11.7 Å². The van der Waals surface area contributed by atoms with Crippen LogP contribution in [0.5, 0.6) is 5.75 Å². The molecule has 1 fully saturated rings. The Morgan fingerprint density at radius 1 is 1.10 bits per heavy atom. The van der Waals surface area contributed by atoms with Crippen LogP contribution in [0.4, 0.5) is 4.39 Å². The molecule has 0 radical (unpaired) electrons. The highest BCUT2D eigenvalue weighted by molar-refractivity contribution is 6.09. The van der Waals surface area contributed by atoms with Gasteiger partial charge in [0.15, 0.2) is 5.75 Å². The summed E-state index contributed by atoms with van der Waals surface area (Å²) in [6.45, 7) is 1.83. The van der Waals surface area contributed by atoms with Crippen LogP contribution in [0.3, 0.4) is 0 Å². The number of nitrogens with zero attached hydrogens (tertiary/aromatic N) is 3. The minimum atomic E-state index is -0.836. The number of nitrogens with one attached hydrogen (secondary N) is 1. The first-order valence-corrected chi connectivity index (χ1v) is 10.5. The number of amides is 1. The Morgan fingerprint density at radius 2 is 1.84 bits per heavy atom. The normalized spacial score (nSPS) is 23.3. The summed E-state index contributed by atoms with van der Waals surface area (Å²) in [6, 6.07) is 5.56. The van der Waals surface area contributed by atoms with Crippen molar-refractivity contribution in [3.05, 3.63) is 77.7 Å². The van der Waals surface area contributed by atoms with Crippen LogP contribution in [0, 0.1) is 12.7 Å². The molecule has 158 valence electrons. The lowest BCUT2D eigenvalue weighted by Crippen LogP contribution is -2.47. The average molecular weight is 418 g/mol. The number of hydrogen-bond donors (Lipinski definition) is 1. The zero-order valence-corrected chi connectivity index (χ0v) is 17.3. The molecule has 2 aliphatic carbocycles. The molecule has 1 atom stereocenters. The van der Waals surface area contributed by atoms with Gasteiger partial charge in [-0.15, -0.1) is 0 Å². The highest BCUT2D eigenvalue weighted by atomic mass is 19.1. The van der Waals surface area contributed by atoms with E-state index in [9.17, 15) is 9.18 Å². The number of ether oxygens (including phenoxy) is 1. The zero-order valence-electron chi connectivity index (χ0n) is 17.3. The van der Waals surface area contributed by atoms with Gasteiger partial charge in [-0.3, -0.25) is 4.79 Å². The number of carbonyl (C=O) groups excluding carboxylic acids is 1. The van der Waals surface area contributed by atoms with Crippen molar-refractivity contribution in [2.24, 2.45) is 4.99 Å². The predicted octanol–water partition coefficient (Wildman–Crippen LogP) is 4.08. The number of halogens is 1. The summed E-state index contributed by atoms with van der Waals surface area (Å²) in [7, 11) is 0. The molecule has 5 rings (SSSR count). The summed E-state index contributed by atoms with van der Waals surface area (Å²) in [6.07, 6.45) is 13.8. The van der Waals surface area contributed by atoms with E-state index in [0.717, 1.165) is 43.4 Å². The average Bonchev–Trinajstić information content (AvgIpc) is 3.56. The van der Waals surface area contributed by atoms with E-state index in [0.29, 0.717) is 17.1 Å². The molecule has 2 heterocycles. The van der Waals surface area contributed by atoms with Crippen molar-refractivity contribution in [2.75, 3.05) is 0 Å². The minimum Gasteiger partial charge on any atom is -0.459 e. The second-order valence-corrected chi connectivity index (χ2v) is 8.28. The maximum atomic E-state index is 13.2. The largest absolute Gasteiger partial charge is 0.459 e. The maximum absolute atomic E-state index is 13.2. The topological polar surface area (TPSA) is 76.5 Å². The number of benzene rings is 1. The van der Waals surface area contributed by atoms with E-state index in [1.54, 1.807) is 12.4 Å². The highest BCUT2D eigenvalue weighted by Gasteiger charge is 2.51. The molecule has 1 amide bonds. The van der Waals surface area contributed by atoms with Crippen molar-refractivity contribution >= 4 is 11.6 Å². The van der Waals surface area contributed by atoms with Crippen molar-refractivity contribution in [2.45, 2.75) is 50.3 Å². The molecule has 2 aromatic rings. The van der Waals surface area contributed by atoms with E-state index >= 15 is 0 Å². The van der Waals surface area contributed by atoms with Crippen LogP contribution < -0.4 is 10.1 Å². The lowest BCUT2D eigenvalue weighted by atomic mass is 9.86. The lowest BCUT2D eigenvalue weighted by Gasteiger charge is -2.38. The van der Waals surface area contributed by atoms with Crippen LogP contribution in [0.2, 0.25) is 0 Å². The molecule has 0 bridgehead atoms. The van der Waals surface area contributed by atoms with Gasteiger partial charge >= 0.3 is 0 Å². The number of aryl methyl sites for hydroxylation is 1. The molecule has 1 N–H and O–H groups in total. The molecule has 0 spiro atoms. The van der Waals surface area contributed by atoms with Crippen molar-refractivity contribution < 1.29 is 13.9 Å². The van der Waals surface area contributed by atoms with Crippen LogP contribution >= 0.6 is 0 Å². The fraction of sp³-hybridized carbons (Fsp3) is 0.333. The van der Waals surface area contributed by atoms with Gasteiger partial charge in [-0.2, -0.15) is 0 Å². The number of hydrogen-bond acceptors (Lipinski definition) is 5. The number of aromatic nitrogens is 2. The second kappa shape index (κ2) is 7.41. The first kappa shape index (κ1) is 19.6. The minimum absolute atomic E-state index is 0.236. The van der Waals surface area contributed by atoms with Crippen LogP contribution in [0.1, 0.15) is 48.3 Å². The van der Waals surface area contributed by atoms with E-state index in [4.69, 9.17) is 9.73 Å². The molecule has 1 aliphatic heterocycles. The Hall–Kier alpha value is -3.35. The van der Waals surface area contributed by atoms with E-state index in [1.807, 2.05) is 19.1 Å². The smallest absolute Gasteiger partial charge is 0.252 e. The van der Waals surface area contributed by atoms with Crippen molar-refractivity contribution in [3.8, 4) is 5.75 Å². The SMILES string of the molecule is Cc1ncc(OC23CCCC=C2C=CC(C2(NC(=O)c4ccc(F)cc4)CC2)=N3)cn1. The number of fused-ring (bicyclic) bond motifs is 1. The third-order valence-corrected chi connectivity index (χ3v) is 6.00. The van der Waals surface area contributed by atoms with Gasteiger partial charge in [0.1, 0.15) is 11.6 Å². The number of aliphatic imine (C=N–C) groups is 1. The Labute approximate surface area is 180 Å². The molecule has 1 aromatic heterocycles. The molecular weight excluding hydrogens is 395 g/mol.